The number of hydrogen-bond acceptors (Lipinski definition) is 2. The highest BCUT2D eigenvalue weighted by Crippen LogP contribution is 2.20. The molecule has 1 aliphatic rings. The Hall–Kier alpha value is -1.03. The zero-order chi connectivity index (χ0) is 12.8. The van der Waals surface area contributed by atoms with Gasteiger partial charge in [0.2, 0.25) is 0 Å². The van der Waals surface area contributed by atoms with Crippen molar-refractivity contribution in [3.05, 3.63) is 22.4 Å². The van der Waals surface area contributed by atoms with Gasteiger partial charge in [-0.05, 0) is 48.6 Å². The van der Waals surface area contributed by atoms with Gasteiger partial charge in [-0.3, -0.25) is 4.99 Å². The van der Waals surface area contributed by atoms with E-state index in [0.29, 0.717) is 18.0 Å². The van der Waals surface area contributed by atoms with Gasteiger partial charge in [0.25, 0.3) is 0 Å². The van der Waals surface area contributed by atoms with E-state index in [4.69, 9.17) is 5.73 Å². The number of nitrogens with zero attached hydrogens (tertiary/aromatic N) is 1. The second kappa shape index (κ2) is 6.78. The number of guanidine groups is 1. The van der Waals surface area contributed by atoms with E-state index < -0.39 is 0 Å². The van der Waals surface area contributed by atoms with E-state index in [1.807, 2.05) is 0 Å². The molecule has 3 N–H and O–H groups in total. The Morgan fingerprint density at radius 3 is 2.94 bits per heavy atom. The zero-order valence-electron chi connectivity index (χ0n) is 11.1. The van der Waals surface area contributed by atoms with Crippen LogP contribution in [0.3, 0.4) is 0 Å². The maximum absolute atomic E-state index is 5.98. The van der Waals surface area contributed by atoms with Gasteiger partial charge >= 0.3 is 0 Å². The fourth-order valence-electron chi connectivity index (χ4n) is 2.51. The molecular formula is C14H23N3S. The van der Waals surface area contributed by atoms with Crippen LogP contribution < -0.4 is 11.1 Å². The molecule has 0 radical (unpaired) electrons. The Morgan fingerprint density at radius 2 is 2.28 bits per heavy atom. The first-order valence-electron chi connectivity index (χ1n) is 6.85. The van der Waals surface area contributed by atoms with Crippen LogP contribution in [-0.2, 0) is 6.42 Å². The molecule has 1 aromatic rings. The maximum Gasteiger partial charge on any atom is 0.189 e. The minimum Gasteiger partial charge on any atom is -0.370 e. The van der Waals surface area contributed by atoms with E-state index in [1.165, 1.54) is 37.7 Å². The molecule has 1 fully saturated rings. The van der Waals surface area contributed by atoms with Crippen molar-refractivity contribution in [2.75, 3.05) is 0 Å². The quantitative estimate of drug-likeness (QED) is 0.649. The molecule has 3 nitrogen and oxygen atoms in total. The van der Waals surface area contributed by atoms with Crippen LogP contribution in [-0.4, -0.2) is 18.0 Å². The summed E-state index contributed by atoms with van der Waals surface area (Å²) < 4.78 is 0. The first kappa shape index (κ1) is 13.4. The third-order valence-electron chi connectivity index (χ3n) is 3.41. The van der Waals surface area contributed by atoms with Gasteiger partial charge in [0.1, 0.15) is 0 Å². The van der Waals surface area contributed by atoms with E-state index >= 15 is 0 Å². The molecule has 4 heteroatoms. The SMILES string of the molecule is CC(Cc1ccsc1)NC(N)=NC1CCCCC1. The lowest BCUT2D eigenvalue weighted by molar-refractivity contribution is 0.441. The van der Waals surface area contributed by atoms with Crippen molar-refractivity contribution >= 4 is 17.3 Å². The van der Waals surface area contributed by atoms with Crippen LogP contribution >= 0.6 is 11.3 Å². The highest BCUT2D eigenvalue weighted by Gasteiger charge is 2.13. The number of thiophene rings is 1. The Bertz CT molecular complexity index is 366. The number of nitrogens with one attached hydrogen (secondary N) is 1. The minimum atomic E-state index is 0.340. The first-order valence-corrected chi connectivity index (χ1v) is 7.79. The Labute approximate surface area is 114 Å². The average molecular weight is 265 g/mol. The molecule has 0 bridgehead atoms. The summed E-state index contributed by atoms with van der Waals surface area (Å²) in [4.78, 5) is 4.59. The molecule has 18 heavy (non-hydrogen) atoms. The van der Waals surface area contributed by atoms with Crippen molar-refractivity contribution in [1.82, 2.24) is 5.32 Å². The number of nitrogens with two attached hydrogens (primary N) is 1. The smallest absolute Gasteiger partial charge is 0.189 e. The van der Waals surface area contributed by atoms with Gasteiger partial charge in [0.15, 0.2) is 5.96 Å². The predicted molar refractivity (Wildman–Crippen MR) is 79.1 cm³/mol. The molecule has 1 aromatic heterocycles. The second-order valence-corrected chi connectivity index (χ2v) is 5.97. The van der Waals surface area contributed by atoms with Crippen molar-refractivity contribution < 1.29 is 0 Å². The van der Waals surface area contributed by atoms with Crippen molar-refractivity contribution in [1.29, 1.82) is 0 Å². The molecule has 1 saturated carbocycles. The van der Waals surface area contributed by atoms with Gasteiger partial charge in [-0.25, -0.2) is 0 Å². The van der Waals surface area contributed by atoms with Crippen LogP contribution in [0.15, 0.2) is 21.8 Å². The lowest BCUT2D eigenvalue weighted by Gasteiger charge is -2.20. The third kappa shape index (κ3) is 4.33. The fourth-order valence-corrected chi connectivity index (χ4v) is 3.19. The molecule has 1 aliphatic carbocycles. The van der Waals surface area contributed by atoms with Crippen LogP contribution in [0, 0.1) is 0 Å². The summed E-state index contributed by atoms with van der Waals surface area (Å²) in [7, 11) is 0. The van der Waals surface area contributed by atoms with E-state index in [1.54, 1.807) is 11.3 Å². The monoisotopic (exact) mass is 265 g/mol. The van der Waals surface area contributed by atoms with Gasteiger partial charge in [-0.2, -0.15) is 11.3 Å². The summed E-state index contributed by atoms with van der Waals surface area (Å²) >= 11 is 1.74. The summed E-state index contributed by atoms with van der Waals surface area (Å²) in [6.45, 7) is 2.15. The zero-order valence-corrected chi connectivity index (χ0v) is 11.9. The molecule has 100 valence electrons. The van der Waals surface area contributed by atoms with Crippen LogP contribution in [0.4, 0.5) is 0 Å². The number of hydrogen-bond donors (Lipinski definition) is 2. The van der Waals surface area contributed by atoms with Crippen molar-refractivity contribution in [3.8, 4) is 0 Å². The highest BCUT2D eigenvalue weighted by molar-refractivity contribution is 7.07. The van der Waals surface area contributed by atoms with E-state index in [-0.39, 0.29) is 0 Å². The van der Waals surface area contributed by atoms with Gasteiger partial charge in [0.05, 0.1) is 6.04 Å². The van der Waals surface area contributed by atoms with Gasteiger partial charge < -0.3 is 11.1 Å². The molecule has 0 spiro atoms. The van der Waals surface area contributed by atoms with Crippen LogP contribution in [0.1, 0.15) is 44.6 Å². The minimum absolute atomic E-state index is 0.340. The molecule has 2 rings (SSSR count). The number of aliphatic imine (C=N–C) groups is 1. The number of rotatable bonds is 4. The molecule has 1 heterocycles. The molecule has 0 aromatic carbocycles. The largest absolute Gasteiger partial charge is 0.370 e. The van der Waals surface area contributed by atoms with Crippen LogP contribution in [0.25, 0.3) is 0 Å². The van der Waals surface area contributed by atoms with Gasteiger partial charge in [-0.15, -0.1) is 0 Å². The van der Waals surface area contributed by atoms with Gasteiger partial charge in [0, 0.05) is 6.04 Å². The van der Waals surface area contributed by atoms with Crippen LogP contribution in [0.2, 0.25) is 0 Å². The Morgan fingerprint density at radius 1 is 1.50 bits per heavy atom. The fraction of sp³-hybridized carbons (Fsp3) is 0.643. The topological polar surface area (TPSA) is 50.4 Å². The molecule has 0 amide bonds. The van der Waals surface area contributed by atoms with Crippen molar-refractivity contribution in [2.24, 2.45) is 10.7 Å². The molecule has 1 unspecified atom stereocenters. The Balaban J connectivity index is 1.78. The normalized spacial score (nSPS) is 19.7. The van der Waals surface area contributed by atoms with E-state index in [2.05, 4.69) is 34.1 Å². The maximum atomic E-state index is 5.98. The second-order valence-electron chi connectivity index (χ2n) is 5.19. The average Bonchev–Trinajstić information content (AvgIpc) is 2.82. The molecule has 0 aliphatic heterocycles. The highest BCUT2D eigenvalue weighted by atomic mass is 32.1. The standard InChI is InChI=1S/C14H23N3S/c1-11(9-12-7-8-18-10-12)16-14(15)17-13-5-3-2-4-6-13/h7-8,10-11,13H,2-6,9H2,1H3,(H3,15,16,17). The van der Waals surface area contributed by atoms with Crippen LogP contribution in [0.5, 0.6) is 0 Å². The summed E-state index contributed by atoms with van der Waals surface area (Å²) in [6.07, 6.45) is 7.35. The summed E-state index contributed by atoms with van der Waals surface area (Å²) in [5, 5.41) is 7.60. The summed E-state index contributed by atoms with van der Waals surface area (Å²) in [5.74, 6) is 0.615. The van der Waals surface area contributed by atoms with E-state index in [0.717, 1.165) is 6.42 Å². The van der Waals surface area contributed by atoms with Crippen molar-refractivity contribution in [2.45, 2.75) is 57.5 Å². The lowest BCUT2D eigenvalue weighted by atomic mass is 9.96. The molecule has 0 saturated heterocycles. The predicted octanol–water partition coefficient (Wildman–Crippen LogP) is 2.92. The lowest BCUT2D eigenvalue weighted by Crippen LogP contribution is -2.40. The van der Waals surface area contributed by atoms with E-state index in [9.17, 15) is 0 Å². The summed E-state index contributed by atoms with van der Waals surface area (Å²) in [5.41, 5.74) is 7.34. The van der Waals surface area contributed by atoms with Crippen molar-refractivity contribution in [3.63, 3.8) is 0 Å². The Kier molecular flexibility index (Phi) is 5.05. The summed E-state index contributed by atoms with van der Waals surface area (Å²) in [6, 6.07) is 2.95. The first-order chi connectivity index (χ1) is 8.74. The molecule has 1 atom stereocenters. The third-order valence-corrected chi connectivity index (χ3v) is 4.14. The van der Waals surface area contributed by atoms with Gasteiger partial charge in [-0.1, -0.05) is 19.3 Å². The molecular weight excluding hydrogens is 242 g/mol.